The Balaban J connectivity index is 1.46. The molecule has 0 heterocycles. The van der Waals surface area contributed by atoms with E-state index in [1.54, 1.807) is 0 Å². The summed E-state index contributed by atoms with van der Waals surface area (Å²) in [6.07, 6.45) is 1.12. The third-order valence-corrected chi connectivity index (χ3v) is 7.55. The van der Waals surface area contributed by atoms with E-state index in [1.165, 1.54) is 60.3 Å². The van der Waals surface area contributed by atoms with Gasteiger partial charge in [-0.25, -0.2) is 0 Å². The highest BCUT2D eigenvalue weighted by molar-refractivity contribution is 6.34. The molecule has 2 aliphatic carbocycles. The Morgan fingerprint density at radius 1 is 0.710 bits per heavy atom. The molecule has 1 atom stereocenters. The van der Waals surface area contributed by atoms with Gasteiger partial charge in [0.1, 0.15) is 0 Å². The van der Waals surface area contributed by atoms with Gasteiger partial charge in [0, 0.05) is 24.2 Å². The third kappa shape index (κ3) is 2.27. The lowest BCUT2D eigenvalue weighted by atomic mass is 9.77. The zero-order chi connectivity index (χ0) is 20.7. The molecular weight excluding hydrogens is 374 g/mol. The molecule has 7 rings (SSSR count). The summed E-state index contributed by atoms with van der Waals surface area (Å²) in [5.74, 6) is 0.497. The molecule has 0 spiro atoms. The molecule has 0 N–H and O–H groups in total. The molecule has 0 aliphatic heterocycles. The highest BCUT2D eigenvalue weighted by Crippen LogP contribution is 2.54. The van der Waals surface area contributed by atoms with Crippen molar-refractivity contribution in [2.75, 3.05) is 11.4 Å². The second-order valence-corrected chi connectivity index (χ2v) is 9.54. The number of nitrogens with zero attached hydrogens (tertiary/aromatic N) is 1. The third-order valence-electron chi connectivity index (χ3n) is 7.55. The van der Waals surface area contributed by atoms with Crippen LogP contribution in [0.5, 0.6) is 0 Å². The van der Waals surface area contributed by atoms with Gasteiger partial charge in [-0.05, 0) is 87.0 Å². The summed E-state index contributed by atoms with van der Waals surface area (Å²) in [6.45, 7) is 5.67. The van der Waals surface area contributed by atoms with Crippen molar-refractivity contribution in [2.24, 2.45) is 0 Å². The standard InChI is InChI=1S/C30H25N/c1-18(2)31(24-6-4-3-5-7-24)17-23-16-22-13-12-20-9-8-19-10-11-21-14-15-25(23)30-28(21)26(19)27(20)29(22)30/h3-15,18,23H,16-17H2,1-2H3. The van der Waals surface area contributed by atoms with E-state index in [0.29, 0.717) is 12.0 Å². The van der Waals surface area contributed by atoms with Gasteiger partial charge >= 0.3 is 0 Å². The van der Waals surface area contributed by atoms with Crippen LogP contribution < -0.4 is 4.90 Å². The van der Waals surface area contributed by atoms with Gasteiger partial charge in [-0.15, -0.1) is 0 Å². The summed E-state index contributed by atoms with van der Waals surface area (Å²) in [5.41, 5.74) is 7.44. The van der Waals surface area contributed by atoms with Crippen molar-refractivity contribution in [3.8, 4) is 11.1 Å². The van der Waals surface area contributed by atoms with Gasteiger partial charge in [0.25, 0.3) is 0 Å². The predicted octanol–water partition coefficient (Wildman–Crippen LogP) is 7.68. The van der Waals surface area contributed by atoms with E-state index in [-0.39, 0.29) is 0 Å². The molecule has 0 radical (unpaired) electrons. The van der Waals surface area contributed by atoms with Crippen LogP contribution in [0.4, 0.5) is 5.69 Å². The monoisotopic (exact) mass is 399 g/mol. The Bertz CT molecular complexity index is 1510. The SMILES string of the molecule is CC(C)N(CC1Cc2ccc3ccc4ccc5ccc1c1c5c4c3c2-1)c1ccccc1. The Morgan fingerprint density at radius 3 is 2.03 bits per heavy atom. The Kier molecular flexibility index (Phi) is 3.42. The Hall–Kier alpha value is -3.32. The van der Waals surface area contributed by atoms with Gasteiger partial charge in [0.2, 0.25) is 0 Å². The van der Waals surface area contributed by atoms with Crippen molar-refractivity contribution >= 4 is 38.0 Å². The quantitative estimate of drug-likeness (QED) is 0.275. The molecule has 5 aromatic carbocycles. The van der Waals surface area contributed by atoms with Crippen LogP contribution in [0.15, 0.2) is 78.9 Å². The minimum atomic E-state index is 0.462. The first-order chi connectivity index (χ1) is 15.2. The van der Waals surface area contributed by atoms with Gasteiger partial charge in [-0.2, -0.15) is 0 Å². The first-order valence-electron chi connectivity index (χ1n) is 11.5. The van der Waals surface area contributed by atoms with E-state index < -0.39 is 0 Å². The summed E-state index contributed by atoms with van der Waals surface area (Å²) in [6, 6.07) is 30.1. The number of hydrogen-bond acceptors (Lipinski definition) is 1. The first kappa shape index (κ1) is 17.4. The molecule has 0 saturated carbocycles. The van der Waals surface area contributed by atoms with Gasteiger partial charge in [-0.1, -0.05) is 66.7 Å². The van der Waals surface area contributed by atoms with E-state index in [0.717, 1.165) is 13.0 Å². The smallest absolute Gasteiger partial charge is 0.0368 e. The number of hydrogen-bond donors (Lipinski definition) is 0. The largest absolute Gasteiger partial charge is 0.368 e. The highest BCUT2D eigenvalue weighted by Gasteiger charge is 2.33. The van der Waals surface area contributed by atoms with E-state index in [2.05, 4.69) is 97.6 Å². The number of rotatable bonds is 4. The van der Waals surface area contributed by atoms with E-state index in [1.807, 2.05) is 0 Å². The minimum absolute atomic E-state index is 0.462. The lowest BCUT2D eigenvalue weighted by Gasteiger charge is -2.36. The molecule has 1 heteroatoms. The molecule has 5 aromatic rings. The average molecular weight is 400 g/mol. The number of benzene rings is 5. The van der Waals surface area contributed by atoms with Crippen LogP contribution >= 0.6 is 0 Å². The Morgan fingerprint density at radius 2 is 1.32 bits per heavy atom. The van der Waals surface area contributed by atoms with Crippen LogP contribution in [0.25, 0.3) is 43.4 Å². The number of para-hydroxylation sites is 1. The second kappa shape index (κ2) is 6.11. The highest BCUT2D eigenvalue weighted by atomic mass is 15.2. The average Bonchev–Trinajstić information content (AvgIpc) is 3.17. The molecule has 31 heavy (non-hydrogen) atoms. The molecule has 150 valence electrons. The lowest BCUT2D eigenvalue weighted by Crippen LogP contribution is -2.36. The van der Waals surface area contributed by atoms with E-state index in [4.69, 9.17) is 0 Å². The zero-order valence-corrected chi connectivity index (χ0v) is 18.0. The Labute approximate surface area is 182 Å². The summed E-state index contributed by atoms with van der Waals surface area (Å²) >= 11 is 0. The molecule has 1 nitrogen and oxygen atoms in total. The summed E-state index contributed by atoms with van der Waals surface area (Å²) in [4.78, 5) is 2.58. The van der Waals surface area contributed by atoms with Crippen molar-refractivity contribution in [3.63, 3.8) is 0 Å². The second-order valence-electron chi connectivity index (χ2n) is 9.54. The van der Waals surface area contributed by atoms with Crippen molar-refractivity contribution in [3.05, 3.63) is 90.0 Å². The first-order valence-corrected chi connectivity index (χ1v) is 11.5. The van der Waals surface area contributed by atoms with Gasteiger partial charge in [0.15, 0.2) is 0 Å². The van der Waals surface area contributed by atoms with Crippen molar-refractivity contribution in [1.29, 1.82) is 0 Å². The topological polar surface area (TPSA) is 3.24 Å². The molecule has 0 bridgehead atoms. The lowest BCUT2D eigenvalue weighted by molar-refractivity contribution is 0.593. The maximum Gasteiger partial charge on any atom is 0.0368 e. The number of anilines is 1. The zero-order valence-electron chi connectivity index (χ0n) is 18.0. The minimum Gasteiger partial charge on any atom is -0.368 e. The molecular formula is C30H25N. The van der Waals surface area contributed by atoms with Crippen LogP contribution in [0.3, 0.4) is 0 Å². The molecule has 1 unspecified atom stereocenters. The normalized spacial score (nSPS) is 16.0. The predicted molar refractivity (Wildman–Crippen MR) is 133 cm³/mol. The van der Waals surface area contributed by atoms with Crippen molar-refractivity contribution in [2.45, 2.75) is 32.2 Å². The van der Waals surface area contributed by atoms with Crippen LogP contribution in [-0.4, -0.2) is 12.6 Å². The van der Waals surface area contributed by atoms with Crippen LogP contribution in [0.2, 0.25) is 0 Å². The molecule has 0 fully saturated rings. The molecule has 0 saturated heterocycles. The molecule has 0 amide bonds. The fraction of sp³-hybridized carbons (Fsp3) is 0.200. The molecule has 0 aromatic heterocycles. The van der Waals surface area contributed by atoms with Crippen LogP contribution in [0.1, 0.15) is 30.9 Å². The fourth-order valence-electron chi connectivity index (χ4n) is 6.18. The summed E-state index contributed by atoms with van der Waals surface area (Å²) in [5, 5.41) is 8.60. The maximum atomic E-state index is 2.58. The van der Waals surface area contributed by atoms with E-state index >= 15 is 0 Å². The van der Waals surface area contributed by atoms with Gasteiger partial charge < -0.3 is 4.90 Å². The summed E-state index contributed by atoms with van der Waals surface area (Å²) < 4.78 is 0. The van der Waals surface area contributed by atoms with Gasteiger partial charge in [-0.3, -0.25) is 0 Å². The van der Waals surface area contributed by atoms with Crippen LogP contribution in [0, 0.1) is 0 Å². The van der Waals surface area contributed by atoms with Crippen molar-refractivity contribution < 1.29 is 0 Å². The van der Waals surface area contributed by atoms with Gasteiger partial charge in [0.05, 0.1) is 0 Å². The summed E-state index contributed by atoms with van der Waals surface area (Å²) in [7, 11) is 0. The maximum absolute atomic E-state index is 2.58. The molecule has 2 aliphatic rings. The van der Waals surface area contributed by atoms with Crippen molar-refractivity contribution in [1.82, 2.24) is 0 Å². The fourth-order valence-corrected chi connectivity index (χ4v) is 6.18. The van der Waals surface area contributed by atoms with Crippen LogP contribution in [-0.2, 0) is 6.42 Å². The van der Waals surface area contributed by atoms with E-state index in [9.17, 15) is 0 Å².